The second kappa shape index (κ2) is 18.1. The minimum absolute atomic E-state index is 0.0467. The van der Waals surface area contributed by atoms with Gasteiger partial charge in [0.1, 0.15) is 5.75 Å². The van der Waals surface area contributed by atoms with E-state index in [-0.39, 0.29) is 11.5 Å². The summed E-state index contributed by atoms with van der Waals surface area (Å²) in [7, 11) is 4.75. The molecule has 0 saturated carbocycles. The Bertz CT molecular complexity index is 2400. The summed E-state index contributed by atoms with van der Waals surface area (Å²) in [5, 5.41) is 1.40. The summed E-state index contributed by atoms with van der Waals surface area (Å²) in [6.07, 6.45) is 12.4. The third-order valence-corrected chi connectivity index (χ3v) is 11.5. The zero-order valence-corrected chi connectivity index (χ0v) is 33.7. The molecule has 5 heterocycles. The SMILES string of the molecule is CCCCn1cc(-c2cc(OC)c(OCC3CCN(CC4CCN(C(=O)c5ccc(OC)c(-n6ccc(=O)[nH]c6=O)c5)CC4)CC3)c(OC)c2)c2ccncc2c1=O. The largest absolute Gasteiger partial charge is 0.495 e. The van der Waals surface area contributed by atoms with E-state index in [1.807, 2.05) is 29.3 Å². The van der Waals surface area contributed by atoms with Gasteiger partial charge in [0.2, 0.25) is 5.75 Å². The molecule has 0 radical (unpaired) electrons. The van der Waals surface area contributed by atoms with Crippen LogP contribution < -0.4 is 35.8 Å². The molecule has 58 heavy (non-hydrogen) atoms. The predicted octanol–water partition coefficient (Wildman–Crippen LogP) is 5.37. The van der Waals surface area contributed by atoms with E-state index in [1.54, 1.807) is 49.4 Å². The van der Waals surface area contributed by atoms with E-state index in [1.165, 1.54) is 23.9 Å². The Kier molecular flexibility index (Phi) is 12.6. The smallest absolute Gasteiger partial charge is 0.333 e. The number of rotatable bonds is 14. The van der Waals surface area contributed by atoms with Crippen molar-refractivity contribution < 1.29 is 23.7 Å². The van der Waals surface area contributed by atoms with Crippen molar-refractivity contribution in [1.82, 2.24) is 28.9 Å². The summed E-state index contributed by atoms with van der Waals surface area (Å²) < 4.78 is 26.7. The minimum Gasteiger partial charge on any atom is -0.495 e. The Morgan fingerprint density at radius 2 is 1.55 bits per heavy atom. The number of nitrogens with zero attached hydrogens (tertiary/aromatic N) is 5. The minimum atomic E-state index is -0.605. The second-order valence-corrected chi connectivity index (χ2v) is 15.2. The third kappa shape index (κ3) is 8.66. The van der Waals surface area contributed by atoms with Crippen molar-refractivity contribution in [3.8, 4) is 39.8 Å². The molecule has 14 heteroatoms. The van der Waals surface area contributed by atoms with E-state index in [0.717, 1.165) is 74.7 Å². The summed E-state index contributed by atoms with van der Waals surface area (Å²) in [6, 6.07) is 12.1. The Morgan fingerprint density at radius 3 is 2.22 bits per heavy atom. The molecule has 0 aliphatic carbocycles. The summed E-state index contributed by atoms with van der Waals surface area (Å²) >= 11 is 0. The molecule has 5 aromatic rings. The molecule has 0 unspecified atom stereocenters. The van der Waals surface area contributed by atoms with Gasteiger partial charge in [0.15, 0.2) is 11.5 Å². The first kappa shape index (κ1) is 40.3. The first-order valence-electron chi connectivity index (χ1n) is 20.1. The number of piperidine rings is 2. The number of carbonyl (C=O) groups is 1. The van der Waals surface area contributed by atoms with E-state index < -0.39 is 11.2 Å². The van der Waals surface area contributed by atoms with Gasteiger partial charge in [-0.1, -0.05) is 13.3 Å². The number of aryl methyl sites for hydroxylation is 1. The molecule has 0 atom stereocenters. The van der Waals surface area contributed by atoms with E-state index in [2.05, 4.69) is 21.8 Å². The lowest BCUT2D eigenvalue weighted by molar-refractivity contribution is 0.0642. The summed E-state index contributed by atoms with van der Waals surface area (Å²) in [6.45, 7) is 7.56. The molecular weight excluding hydrogens is 741 g/mol. The van der Waals surface area contributed by atoms with Gasteiger partial charge >= 0.3 is 5.69 Å². The van der Waals surface area contributed by atoms with Gasteiger partial charge in [0.05, 0.1) is 39.0 Å². The summed E-state index contributed by atoms with van der Waals surface area (Å²) in [5.74, 6) is 2.91. The number of hydrogen-bond donors (Lipinski definition) is 1. The van der Waals surface area contributed by atoms with Crippen LogP contribution in [-0.4, -0.2) is 95.5 Å². The van der Waals surface area contributed by atoms with Crippen LogP contribution in [0, 0.1) is 11.8 Å². The number of unbranched alkanes of at least 4 members (excludes halogenated alkanes) is 1. The number of nitrogens with one attached hydrogen (secondary N) is 1. The van der Waals surface area contributed by atoms with E-state index in [9.17, 15) is 19.2 Å². The zero-order valence-electron chi connectivity index (χ0n) is 33.7. The molecule has 1 N–H and O–H groups in total. The Balaban J connectivity index is 0.935. The number of aromatic nitrogens is 4. The van der Waals surface area contributed by atoms with E-state index >= 15 is 0 Å². The molecule has 7 rings (SSSR count). The first-order chi connectivity index (χ1) is 28.2. The first-order valence-corrected chi connectivity index (χ1v) is 20.1. The quantitative estimate of drug-likeness (QED) is 0.156. The number of H-pyrrole nitrogens is 1. The maximum Gasteiger partial charge on any atom is 0.333 e. The molecule has 306 valence electrons. The van der Waals surface area contributed by atoms with Gasteiger partial charge in [-0.25, -0.2) is 4.79 Å². The molecule has 2 aliphatic heterocycles. The number of carbonyl (C=O) groups excluding carboxylic acids is 1. The average molecular weight is 793 g/mol. The maximum atomic E-state index is 13.6. The van der Waals surface area contributed by atoms with Crippen molar-refractivity contribution in [2.75, 3.05) is 60.7 Å². The predicted molar refractivity (Wildman–Crippen MR) is 222 cm³/mol. The van der Waals surface area contributed by atoms with Gasteiger partial charge in [-0.2, -0.15) is 0 Å². The van der Waals surface area contributed by atoms with Gasteiger partial charge in [-0.15, -0.1) is 0 Å². The van der Waals surface area contributed by atoms with Crippen LogP contribution >= 0.6 is 0 Å². The number of pyridine rings is 2. The Hall–Kier alpha value is -5.89. The van der Waals surface area contributed by atoms with Crippen LogP contribution in [0.2, 0.25) is 0 Å². The normalized spacial score (nSPS) is 15.4. The number of ether oxygens (including phenoxy) is 4. The molecule has 2 aliphatic rings. The maximum absolute atomic E-state index is 13.6. The number of aromatic amines is 1. The number of hydrogen-bond acceptors (Lipinski definition) is 10. The van der Waals surface area contributed by atoms with Crippen molar-refractivity contribution in [3.05, 3.63) is 104 Å². The standard InChI is InChI=1S/C44H52N6O8/c1-5-6-16-49-27-35(33-9-15-45-25-34(33)43(49)53)32-23-38(56-3)41(39(24-32)57-4)58-28-30-10-17-47(18-11-30)26-29-12-19-48(20-13-29)42(52)31-7-8-37(55-2)36(22-31)50-21-14-40(51)46-44(50)54/h7-9,14-15,21-25,27,29-30H,5-6,10-13,16-20,26,28H2,1-4H3,(H,46,51,54). The van der Waals surface area contributed by atoms with Crippen molar-refractivity contribution in [2.24, 2.45) is 11.8 Å². The van der Waals surface area contributed by atoms with Crippen LogP contribution in [0.4, 0.5) is 0 Å². The number of methoxy groups -OCH3 is 3. The van der Waals surface area contributed by atoms with E-state index in [0.29, 0.717) is 77.7 Å². The van der Waals surface area contributed by atoms with Crippen LogP contribution in [0.5, 0.6) is 23.0 Å². The highest BCUT2D eigenvalue weighted by Crippen LogP contribution is 2.43. The zero-order chi connectivity index (χ0) is 40.8. The van der Waals surface area contributed by atoms with E-state index in [4.69, 9.17) is 18.9 Å². The summed E-state index contributed by atoms with van der Waals surface area (Å²) in [4.78, 5) is 61.8. The fourth-order valence-electron chi connectivity index (χ4n) is 8.16. The molecule has 2 aromatic carbocycles. The number of likely N-dealkylation sites (tertiary alicyclic amines) is 2. The molecule has 2 saturated heterocycles. The molecule has 0 spiro atoms. The van der Waals surface area contributed by atoms with Gasteiger partial charge < -0.3 is 33.3 Å². The summed E-state index contributed by atoms with van der Waals surface area (Å²) in [5.41, 5.74) is 1.46. The Labute approximate surface area is 336 Å². The van der Waals surface area contributed by atoms with Crippen LogP contribution in [0.25, 0.3) is 27.6 Å². The molecule has 3 aromatic heterocycles. The third-order valence-electron chi connectivity index (χ3n) is 11.5. The van der Waals surface area contributed by atoms with Crippen LogP contribution in [0.1, 0.15) is 55.8 Å². The molecule has 2 fully saturated rings. The number of benzene rings is 2. The lowest BCUT2D eigenvalue weighted by atomic mass is 9.93. The van der Waals surface area contributed by atoms with Crippen LogP contribution in [0.15, 0.2) is 81.6 Å². The lowest BCUT2D eigenvalue weighted by Gasteiger charge is -2.37. The molecule has 1 amide bonds. The van der Waals surface area contributed by atoms with Crippen molar-refractivity contribution >= 4 is 16.7 Å². The van der Waals surface area contributed by atoms with Crippen molar-refractivity contribution in [1.29, 1.82) is 0 Å². The Morgan fingerprint density at radius 1 is 0.845 bits per heavy atom. The fraction of sp³-hybridized carbons (Fsp3) is 0.432. The van der Waals surface area contributed by atoms with Crippen LogP contribution in [0.3, 0.4) is 0 Å². The van der Waals surface area contributed by atoms with Crippen molar-refractivity contribution in [3.63, 3.8) is 0 Å². The highest BCUT2D eigenvalue weighted by atomic mass is 16.5. The topological polar surface area (TPSA) is 150 Å². The van der Waals surface area contributed by atoms with Gasteiger partial charge in [0.25, 0.3) is 17.0 Å². The average Bonchev–Trinajstić information content (AvgIpc) is 3.25. The highest BCUT2D eigenvalue weighted by molar-refractivity contribution is 5.96. The second-order valence-electron chi connectivity index (χ2n) is 15.2. The molecule has 14 nitrogen and oxygen atoms in total. The fourth-order valence-corrected chi connectivity index (χ4v) is 8.16. The number of fused-ring (bicyclic) bond motifs is 1. The van der Waals surface area contributed by atoms with Crippen LogP contribution in [-0.2, 0) is 6.54 Å². The van der Waals surface area contributed by atoms with Crippen molar-refractivity contribution in [2.45, 2.75) is 52.0 Å². The number of amides is 1. The highest BCUT2D eigenvalue weighted by Gasteiger charge is 2.28. The molecule has 0 bridgehead atoms. The monoisotopic (exact) mass is 792 g/mol. The van der Waals surface area contributed by atoms with Gasteiger partial charge in [-0.3, -0.25) is 28.9 Å². The van der Waals surface area contributed by atoms with Gasteiger partial charge in [-0.05, 0) is 104 Å². The van der Waals surface area contributed by atoms with Gasteiger partial charge in [0, 0.05) is 68.2 Å². The lowest BCUT2D eigenvalue weighted by Crippen LogP contribution is -2.43. The molecular formula is C44H52N6O8.